The van der Waals surface area contributed by atoms with Crippen molar-refractivity contribution in [1.29, 1.82) is 0 Å². The Bertz CT molecular complexity index is 834. The molecule has 0 fully saturated rings. The lowest BCUT2D eigenvalue weighted by Gasteiger charge is -2.28. The average Bonchev–Trinajstić information content (AvgIpc) is 2.60. The number of benzene rings is 2. The number of allylic oxidation sites excluding steroid dienone is 1. The van der Waals surface area contributed by atoms with Crippen LogP contribution in [0.1, 0.15) is 24.1 Å². The molecule has 1 aliphatic heterocycles. The Labute approximate surface area is 150 Å². The number of ether oxygens (including phenoxy) is 1. The zero-order valence-electron chi connectivity index (χ0n) is 13.6. The number of rotatable bonds is 4. The fourth-order valence-electron chi connectivity index (χ4n) is 2.71. The van der Waals surface area contributed by atoms with E-state index in [1.54, 1.807) is 31.2 Å². The number of amides is 2. The van der Waals surface area contributed by atoms with Crippen LogP contribution in [0.25, 0.3) is 0 Å². The molecule has 25 heavy (non-hydrogen) atoms. The molecule has 1 aliphatic rings. The van der Waals surface area contributed by atoms with Crippen molar-refractivity contribution in [2.45, 2.75) is 19.6 Å². The molecule has 1 heterocycles. The molecule has 2 aromatic carbocycles. The summed E-state index contributed by atoms with van der Waals surface area (Å²) in [5.74, 6) is -0.501. The first-order valence-electron chi connectivity index (χ1n) is 7.80. The summed E-state index contributed by atoms with van der Waals surface area (Å²) in [5, 5.41) is 5.82. The number of hydrogen-bond donors (Lipinski definition) is 2. The normalized spacial score (nSPS) is 16.9. The van der Waals surface area contributed by atoms with Crippen LogP contribution in [0.4, 0.5) is 4.79 Å². The first-order chi connectivity index (χ1) is 12.1. The van der Waals surface area contributed by atoms with Crippen LogP contribution in [0, 0.1) is 0 Å². The largest absolute Gasteiger partial charge is 0.457 e. The van der Waals surface area contributed by atoms with Crippen molar-refractivity contribution in [2.24, 2.45) is 0 Å². The third-order valence-electron chi connectivity index (χ3n) is 3.92. The minimum Gasteiger partial charge on any atom is -0.457 e. The number of urea groups is 1. The third kappa shape index (κ3) is 3.83. The maximum absolute atomic E-state index is 12.7. The molecule has 0 bridgehead atoms. The van der Waals surface area contributed by atoms with Gasteiger partial charge in [0.05, 0.1) is 11.6 Å². The lowest BCUT2D eigenvalue weighted by molar-refractivity contribution is -0.140. The second-order valence-corrected chi connectivity index (χ2v) is 6.06. The van der Waals surface area contributed by atoms with Gasteiger partial charge in [-0.1, -0.05) is 60.1 Å². The van der Waals surface area contributed by atoms with E-state index in [0.29, 0.717) is 21.9 Å². The quantitative estimate of drug-likeness (QED) is 0.820. The van der Waals surface area contributed by atoms with E-state index in [1.165, 1.54) is 0 Å². The molecule has 0 unspecified atom stereocenters. The first kappa shape index (κ1) is 17.0. The minimum absolute atomic E-state index is 0.152. The number of halogens is 1. The monoisotopic (exact) mass is 356 g/mol. The van der Waals surface area contributed by atoms with E-state index in [1.807, 2.05) is 30.3 Å². The van der Waals surface area contributed by atoms with Gasteiger partial charge in [0, 0.05) is 10.7 Å². The molecule has 2 aromatic rings. The molecule has 5 nitrogen and oxygen atoms in total. The predicted molar refractivity (Wildman–Crippen MR) is 94.8 cm³/mol. The van der Waals surface area contributed by atoms with E-state index in [9.17, 15) is 9.59 Å². The van der Waals surface area contributed by atoms with Gasteiger partial charge in [-0.15, -0.1) is 0 Å². The standard InChI is InChI=1S/C19H17ClN2O3/c1-12-16(18(23)25-11-13-7-3-2-4-8-13)17(22-19(24)21-12)14-9-5-6-10-15(14)20/h2-10,17H,11H2,1H3,(H2,21,22,24)/t17-/m0/s1. The summed E-state index contributed by atoms with van der Waals surface area (Å²) in [4.78, 5) is 24.5. The van der Waals surface area contributed by atoms with Crippen LogP contribution in [0.15, 0.2) is 65.9 Å². The Morgan fingerprint density at radius 2 is 1.80 bits per heavy atom. The van der Waals surface area contributed by atoms with Gasteiger partial charge >= 0.3 is 12.0 Å². The molecular weight excluding hydrogens is 340 g/mol. The highest BCUT2D eigenvalue weighted by Gasteiger charge is 2.33. The van der Waals surface area contributed by atoms with E-state index in [0.717, 1.165) is 5.56 Å². The fourth-order valence-corrected chi connectivity index (χ4v) is 2.95. The molecule has 2 N–H and O–H groups in total. The van der Waals surface area contributed by atoms with Crippen molar-refractivity contribution in [2.75, 3.05) is 0 Å². The van der Waals surface area contributed by atoms with Crippen LogP contribution in [-0.2, 0) is 16.1 Å². The summed E-state index contributed by atoms with van der Waals surface area (Å²) in [6.45, 7) is 1.82. The number of carbonyl (C=O) groups is 2. The second-order valence-electron chi connectivity index (χ2n) is 5.65. The van der Waals surface area contributed by atoms with Gasteiger partial charge in [-0.05, 0) is 24.1 Å². The van der Waals surface area contributed by atoms with E-state index < -0.39 is 12.0 Å². The average molecular weight is 357 g/mol. The lowest BCUT2D eigenvalue weighted by Crippen LogP contribution is -2.45. The Balaban J connectivity index is 1.87. The molecule has 2 amide bonds. The van der Waals surface area contributed by atoms with Crippen molar-refractivity contribution < 1.29 is 14.3 Å². The SMILES string of the molecule is CC1=C(C(=O)OCc2ccccc2)[C@H](c2ccccc2Cl)NC(=O)N1. The molecule has 0 saturated heterocycles. The Morgan fingerprint density at radius 3 is 2.52 bits per heavy atom. The van der Waals surface area contributed by atoms with Gasteiger partial charge in [0.2, 0.25) is 0 Å². The molecule has 3 rings (SSSR count). The zero-order valence-corrected chi connectivity index (χ0v) is 14.3. The lowest BCUT2D eigenvalue weighted by atomic mass is 9.95. The number of hydrogen-bond acceptors (Lipinski definition) is 3. The van der Waals surface area contributed by atoms with Crippen LogP contribution in [0.2, 0.25) is 5.02 Å². The molecule has 0 aliphatic carbocycles. The molecule has 1 atom stereocenters. The summed E-state index contributed by atoms with van der Waals surface area (Å²) in [5.41, 5.74) is 2.32. The van der Waals surface area contributed by atoms with Crippen LogP contribution in [0.5, 0.6) is 0 Å². The molecule has 0 saturated carbocycles. The number of nitrogens with one attached hydrogen (secondary N) is 2. The van der Waals surface area contributed by atoms with Gasteiger partial charge in [-0.3, -0.25) is 0 Å². The molecular formula is C19H17ClN2O3. The van der Waals surface area contributed by atoms with Crippen molar-refractivity contribution >= 4 is 23.6 Å². The van der Waals surface area contributed by atoms with Gasteiger partial charge < -0.3 is 15.4 Å². The summed E-state index contributed by atoms with van der Waals surface area (Å²) in [7, 11) is 0. The van der Waals surface area contributed by atoms with Crippen molar-refractivity contribution in [3.05, 3.63) is 82.0 Å². The van der Waals surface area contributed by atoms with Gasteiger partial charge in [0.1, 0.15) is 6.61 Å². The summed E-state index contributed by atoms with van der Waals surface area (Å²) >= 11 is 6.25. The van der Waals surface area contributed by atoms with E-state index >= 15 is 0 Å². The second kappa shape index (κ2) is 7.40. The van der Waals surface area contributed by atoms with Gasteiger partial charge in [0.25, 0.3) is 0 Å². The highest BCUT2D eigenvalue weighted by molar-refractivity contribution is 6.31. The highest BCUT2D eigenvalue weighted by atomic mass is 35.5. The van der Waals surface area contributed by atoms with Crippen molar-refractivity contribution in [3.63, 3.8) is 0 Å². The Morgan fingerprint density at radius 1 is 1.12 bits per heavy atom. The molecule has 128 valence electrons. The highest BCUT2D eigenvalue weighted by Crippen LogP contribution is 2.32. The fraction of sp³-hybridized carbons (Fsp3) is 0.158. The topological polar surface area (TPSA) is 67.4 Å². The van der Waals surface area contributed by atoms with Crippen molar-refractivity contribution in [1.82, 2.24) is 10.6 Å². The number of carbonyl (C=O) groups excluding carboxylic acids is 2. The van der Waals surface area contributed by atoms with Gasteiger partial charge in [0.15, 0.2) is 0 Å². The maximum atomic E-state index is 12.7. The zero-order chi connectivity index (χ0) is 17.8. The molecule has 0 spiro atoms. The predicted octanol–water partition coefficient (Wildman–Crippen LogP) is 3.71. The molecule has 6 heteroatoms. The van der Waals surface area contributed by atoms with Crippen LogP contribution in [-0.4, -0.2) is 12.0 Å². The Hall–Kier alpha value is -2.79. The van der Waals surface area contributed by atoms with Crippen LogP contribution in [0.3, 0.4) is 0 Å². The first-order valence-corrected chi connectivity index (χ1v) is 8.18. The minimum atomic E-state index is -0.661. The molecule has 0 radical (unpaired) electrons. The van der Waals surface area contributed by atoms with Crippen LogP contribution >= 0.6 is 11.6 Å². The summed E-state index contributed by atoms with van der Waals surface area (Å²) in [6, 6.07) is 15.4. The van der Waals surface area contributed by atoms with Crippen molar-refractivity contribution in [3.8, 4) is 0 Å². The number of esters is 1. The maximum Gasteiger partial charge on any atom is 0.338 e. The van der Waals surface area contributed by atoms with E-state index in [4.69, 9.17) is 16.3 Å². The molecule has 0 aromatic heterocycles. The smallest absolute Gasteiger partial charge is 0.338 e. The summed E-state index contributed by atoms with van der Waals surface area (Å²) in [6.07, 6.45) is 0. The van der Waals surface area contributed by atoms with E-state index in [-0.39, 0.29) is 12.6 Å². The van der Waals surface area contributed by atoms with Crippen LogP contribution < -0.4 is 10.6 Å². The Kier molecular flexibility index (Phi) is 5.05. The van der Waals surface area contributed by atoms with E-state index in [2.05, 4.69) is 10.6 Å². The third-order valence-corrected chi connectivity index (χ3v) is 4.26. The summed E-state index contributed by atoms with van der Waals surface area (Å²) < 4.78 is 5.43. The van der Waals surface area contributed by atoms with Gasteiger partial charge in [-0.2, -0.15) is 0 Å². The van der Waals surface area contributed by atoms with Gasteiger partial charge in [-0.25, -0.2) is 9.59 Å².